The molecule has 6 nitrogen and oxygen atoms in total. The maximum atomic E-state index is 12.0. The van der Waals surface area contributed by atoms with Crippen LogP contribution >= 0.6 is 11.6 Å². The van der Waals surface area contributed by atoms with Crippen molar-refractivity contribution in [2.75, 3.05) is 13.2 Å². The Hall–Kier alpha value is -2.60. The predicted molar refractivity (Wildman–Crippen MR) is 87.1 cm³/mol. The van der Waals surface area contributed by atoms with Gasteiger partial charge in [-0.25, -0.2) is 0 Å². The van der Waals surface area contributed by atoms with E-state index >= 15 is 0 Å². The molecule has 0 bridgehead atoms. The van der Waals surface area contributed by atoms with E-state index in [0.717, 1.165) is 11.6 Å². The standard InChI is InChI=1S/C16H15ClN2O4/c1-11-2-5-13(6-3-11)23-9-8-18-16(20)14-7-4-12(17)10-15(14)19(21)22/h2-7,10H,8-9H2,1H3,(H,18,20). The first kappa shape index (κ1) is 16.8. The maximum Gasteiger partial charge on any atom is 0.283 e. The summed E-state index contributed by atoms with van der Waals surface area (Å²) in [6, 6.07) is 11.4. The lowest BCUT2D eigenvalue weighted by Gasteiger charge is -2.08. The van der Waals surface area contributed by atoms with Crippen LogP contribution in [0.3, 0.4) is 0 Å². The van der Waals surface area contributed by atoms with Gasteiger partial charge in [-0.3, -0.25) is 14.9 Å². The molecule has 2 aromatic carbocycles. The molecule has 0 heterocycles. The second-order valence-electron chi connectivity index (χ2n) is 4.84. The van der Waals surface area contributed by atoms with E-state index in [0.29, 0.717) is 5.75 Å². The minimum Gasteiger partial charge on any atom is -0.492 e. The van der Waals surface area contributed by atoms with E-state index in [4.69, 9.17) is 16.3 Å². The van der Waals surface area contributed by atoms with Crippen LogP contribution in [-0.2, 0) is 0 Å². The quantitative estimate of drug-likeness (QED) is 0.499. The Labute approximate surface area is 138 Å². The number of halogens is 1. The number of nitro benzene ring substituents is 1. The molecule has 0 unspecified atom stereocenters. The second-order valence-corrected chi connectivity index (χ2v) is 5.27. The zero-order chi connectivity index (χ0) is 16.8. The van der Waals surface area contributed by atoms with Gasteiger partial charge in [-0.05, 0) is 31.2 Å². The number of benzene rings is 2. The molecular weight excluding hydrogens is 320 g/mol. The molecule has 0 radical (unpaired) electrons. The normalized spacial score (nSPS) is 10.2. The fraction of sp³-hybridized carbons (Fsp3) is 0.188. The molecule has 1 N–H and O–H groups in total. The van der Waals surface area contributed by atoms with Gasteiger partial charge in [0.25, 0.3) is 11.6 Å². The molecule has 0 saturated carbocycles. The predicted octanol–water partition coefficient (Wildman–Crippen LogP) is 3.37. The zero-order valence-electron chi connectivity index (χ0n) is 12.4. The van der Waals surface area contributed by atoms with Crippen molar-refractivity contribution in [2.45, 2.75) is 6.92 Å². The highest BCUT2D eigenvalue weighted by Gasteiger charge is 2.20. The molecule has 0 spiro atoms. The van der Waals surface area contributed by atoms with Crippen molar-refractivity contribution in [1.29, 1.82) is 0 Å². The van der Waals surface area contributed by atoms with Crippen LogP contribution in [0.15, 0.2) is 42.5 Å². The zero-order valence-corrected chi connectivity index (χ0v) is 13.2. The minimum absolute atomic E-state index is 0.0327. The van der Waals surface area contributed by atoms with Crippen LogP contribution in [0, 0.1) is 17.0 Å². The van der Waals surface area contributed by atoms with Gasteiger partial charge in [-0.1, -0.05) is 29.3 Å². The number of nitrogens with zero attached hydrogens (tertiary/aromatic N) is 1. The summed E-state index contributed by atoms with van der Waals surface area (Å²) < 4.78 is 5.47. The molecule has 1 amide bonds. The van der Waals surface area contributed by atoms with E-state index < -0.39 is 10.8 Å². The van der Waals surface area contributed by atoms with Crippen LogP contribution in [0.2, 0.25) is 5.02 Å². The molecule has 7 heteroatoms. The Balaban J connectivity index is 1.90. The van der Waals surface area contributed by atoms with E-state index in [1.54, 1.807) is 0 Å². The van der Waals surface area contributed by atoms with Crippen LogP contribution < -0.4 is 10.1 Å². The number of aryl methyl sites for hydroxylation is 1. The van der Waals surface area contributed by atoms with Gasteiger partial charge < -0.3 is 10.1 Å². The third-order valence-electron chi connectivity index (χ3n) is 3.08. The number of nitrogens with one attached hydrogen (secondary N) is 1. The summed E-state index contributed by atoms with van der Waals surface area (Å²) in [6.07, 6.45) is 0. The van der Waals surface area contributed by atoms with Gasteiger partial charge in [0.15, 0.2) is 0 Å². The van der Waals surface area contributed by atoms with Gasteiger partial charge in [0.05, 0.1) is 11.5 Å². The first-order valence-electron chi connectivity index (χ1n) is 6.89. The average Bonchev–Trinajstić information content (AvgIpc) is 2.53. The molecule has 0 fully saturated rings. The number of ether oxygens (including phenoxy) is 1. The summed E-state index contributed by atoms with van der Waals surface area (Å²) in [4.78, 5) is 22.4. The molecule has 0 aliphatic carbocycles. The molecule has 2 rings (SSSR count). The number of amides is 1. The van der Waals surface area contributed by atoms with Crippen LogP contribution in [0.25, 0.3) is 0 Å². The van der Waals surface area contributed by atoms with Crippen molar-refractivity contribution >= 4 is 23.2 Å². The summed E-state index contributed by atoms with van der Waals surface area (Å²) in [5, 5.41) is 13.8. The lowest BCUT2D eigenvalue weighted by Crippen LogP contribution is -2.28. The molecule has 2 aromatic rings. The van der Waals surface area contributed by atoms with Crippen molar-refractivity contribution in [3.63, 3.8) is 0 Å². The Morgan fingerprint density at radius 2 is 1.96 bits per heavy atom. The van der Waals surface area contributed by atoms with Crippen LogP contribution in [0.5, 0.6) is 5.75 Å². The fourth-order valence-electron chi connectivity index (χ4n) is 1.91. The van der Waals surface area contributed by atoms with Gasteiger partial charge in [-0.15, -0.1) is 0 Å². The summed E-state index contributed by atoms with van der Waals surface area (Å²) in [5.74, 6) is 0.156. The average molecular weight is 335 g/mol. The van der Waals surface area contributed by atoms with Crippen molar-refractivity contribution in [1.82, 2.24) is 5.32 Å². The van der Waals surface area contributed by atoms with Crippen molar-refractivity contribution in [3.8, 4) is 5.75 Å². The first-order chi connectivity index (χ1) is 11.0. The summed E-state index contributed by atoms with van der Waals surface area (Å²) in [5.41, 5.74) is 0.768. The van der Waals surface area contributed by atoms with E-state index in [2.05, 4.69) is 5.32 Å². The summed E-state index contributed by atoms with van der Waals surface area (Å²) in [6.45, 7) is 2.46. The van der Waals surface area contributed by atoms with Gasteiger partial charge >= 0.3 is 0 Å². The van der Waals surface area contributed by atoms with Gasteiger partial charge in [0, 0.05) is 11.1 Å². The highest BCUT2D eigenvalue weighted by atomic mass is 35.5. The maximum absolute atomic E-state index is 12.0. The van der Waals surface area contributed by atoms with Gasteiger partial charge in [0.1, 0.15) is 17.9 Å². The number of rotatable bonds is 6. The Morgan fingerprint density at radius 3 is 2.61 bits per heavy atom. The third-order valence-corrected chi connectivity index (χ3v) is 3.31. The largest absolute Gasteiger partial charge is 0.492 e. The Bertz CT molecular complexity index is 717. The van der Waals surface area contributed by atoms with Crippen LogP contribution in [-0.4, -0.2) is 24.0 Å². The van der Waals surface area contributed by atoms with E-state index in [-0.39, 0.29) is 29.4 Å². The van der Waals surface area contributed by atoms with Gasteiger partial charge in [0.2, 0.25) is 0 Å². The molecule has 0 aliphatic heterocycles. The van der Waals surface area contributed by atoms with Crippen molar-refractivity contribution in [2.24, 2.45) is 0 Å². The SMILES string of the molecule is Cc1ccc(OCCNC(=O)c2ccc(Cl)cc2[N+](=O)[O-])cc1. The summed E-state index contributed by atoms with van der Waals surface area (Å²) >= 11 is 5.72. The smallest absolute Gasteiger partial charge is 0.283 e. The molecule has 0 atom stereocenters. The topological polar surface area (TPSA) is 81.5 Å². The Morgan fingerprint density at radius 1 is 1.26 bits per heavy atom. The number of carbonyl (C=O) groups excluding carboxylic acids is 1. The highest BCUT2D eigenvalue weighted by molar-refractivity contribution is 6.31. The summed E-state index contributed by atoms with van der Waals surface area (Å²) in [7, 11) is 0. The monoisotopic (exact) mass is 334 g/mol. The van der Waals surface area contributed by atoms with Crippen molar-refractivity contribution < 1.29 is 14.5 Å². The number of carbonyl (C=O) groups is 1. The number of nitro groups is 1. The van der Waals surface area contributed by atoms with Crippen LogP contribution in [0.4, 0.5) is 5.69 Å². The van der Waals surface area contributed by atoms with Gasteiger partial charge in [-0.2, -0.15) is 0 Å². The van der Waals surface area contributed by atoms with E-state index in [9.17, 15) is 14.9 Å². The third kappa shape index (κ3) is 4.69. The molecule has 120 valence electrons. The lowest BCUT2D eigenvalue weighted by molar-refractivity contribution is -0.385. The molecule has 0 aliphatic rings. The Kier molecular flexibility index (Phi) is 5.54. The molecule has 23 heavy (non-hydrogen) atoms. The molecule has 0 aromatic heterocycles. The minimum atomic E-state index is -0.635. The second kappa shape index (κ2) is 7.60. The fourth-order valence-corrected chi connectivity index (χ4v) is 2.08. The molecule has 0 saturated heterocycles. The number of hydrogen-bond donors (Lipinski definition) is 1. The van der Waals surface area contributed by atoms with Crippen molar-refractivity contribution in [3.05, 3.63) is 68.7 Å². The first-order valence-corrected chi connectivity index (χ1v) is 7.27. The van der Waals surface area contributed by atoms with E-state index in [1.807, 2.05) is 31.2 Å². The lowest BCUT2D eigenvalue weighted by atomic mass is 10.1. The van der Waals surface area contributed by atoms with E-state index in [1.165, 1.54) is 12.1 Å². The number of hydrogen-bond acceptors (Lipinski definition) is 4. The molecular formula is C16H15ClN2O4. The highest BCUT2D eigenvalue weighted by Crippen LogP contribution is 2.23. The van der Waals surface area contributed by atoms with Crippen LogP contribution in [0.1, 0.15) is 15.9 Å².